The third-order valence-corrected chi connectivity index (χ3v) is 5.54. The summed E-state index contributed by atoms with van der Waals surface area (Å²) in [6.45, 7) is 5.44. The first-order chi connectivity index (χ1) is 11.8. The highest BCUT2D eigenvalue weighted by atomic mass is 32.1. The standard InChI is InChI=1S/C19H21FO4S/c1-4-19(5-2,18(22)23)11-13-7-9-16(25-13)17(21)24-15-8-6-12(3)10-14(15)20/h6-10H,4-5,11H2,1-3H3,(H,22,23). The van der Waals surface area contributed by atoms with Gasteiger partial charge >= 0.3 is 11.9 Å². The fourth-order valence-corrected chi connectivity index (χ4v) is 3.66. The summed E-state index contributed by atoms with van der Waals surface area (Å²) in [7, 11) is 0. The summed E-state index contributed by atoms with van der Waals surface area (Å²) >= 11 is 1.18. The highest BCUT2D eigenvalue weighted by Gasteiger charge is 2.35. The molecule has 1 heterocycles. The number of halogens is 1. The zero-order valence-corrected chi connectivity index (χ0v) is 15.3. The first kappa shape index (κ1) is 19.1. The van der Waals surface area contributed by atoms with Crippen LogP contribution in [0.2, 0.25) is 0 Å². The van der Waals surface area contributed by atoms with Crippen LogP contribution in [0.5, 0.6) is 5.75 Å². The number of benzene rings is 1. The molecule has 2 rings (SSSR count). The molecule has 4 nitrogen and oxygen atoms in total. The average molecular weight is 364 g/mol. The van der Waals surface area contributed by atoms with Crippen molar-refractivity contribution in [1.29, 1.82) is 0 Å². The number of aryl methyl sites for hydroxylation is 1. The lowest BCUT2D eigenvalue weighted by Gasteiger charge is -2.25. The number of esters is 1. The van der Waals surface area contributed by atoms with Crippen molar-refractivity contribution in [2.45, 2.75) is 40.0 Å². The van der Waals surface area contributed by atoms with Gasteiger partial charge in [0.05, 0.1) is 5.41 Å². The lowest BCUT2D eigenvalue weighted by molar-refractivity contribution is -0.149. The van der Waals surface area contributed by atoms with E-state index in [-0.39, 0.29) is 5.75 Å². The molecule has 25 heavy (non-hydrogen) atoms. The number of carboxylic acids is 1. The number of ether oxygens (including phenoxy) is 1. The Kier molecular flexibility index (Phi) is 5.95. The lowest BCUT2D eigenvalue weighted by Crippen LogP contribution is -2.31. The Labute approximate surface area is 150 Å². The van der Waals surface area contributed by atoms with Crippen LogP contribution in [-0.2, 0) is 11.2 Å². The van der Waals surface area contributed by atoms with Gasteiger partial charge in [0.25, 0.3) is 0 Å². The Morgan fingerprint density at radius 2 is 1.88 bits per heavy atom. The highest BCUT2D eigenvalue weighted by molar-refractivity contribution is 7.13. The Morgan fingerprint density at radius 3 is 2.44 bits per heavy atom. The van der Waals surface area contributed by atoms with E-state index in [4.69, 9.17) is 4.74 Å². The highest BCUT2D eigenvalue weighted by Crippen LogP contribution is 2.34. The number of aliphatic carboxylic acids is 1. The lowest BCUT2D eigenvalue weighted by atomic mass is 9.79. The van der Waals surface area contributed by atoms with Crippen molar-refractivity contribution < 1.29 is 23.8 Å². The van der Waals surface area contributed by atoms with E-state index in [1.54, 1.807) is 25.1 Å². The second-order valence-corrected chi connectivity index (χ2v) is 7.23. The average Bonchev–Trinajstić information content (AvgIpc) is 3.03. The van der Waals surface area contributed by atoms with Crippen LogP contribution in [0.3, 0.4) is 0 Å². The van der Waals surface area contributed by atoms with Gasteiger partial charge in [-0.2, -0.15) is 0 Å². The number of thiophene rings is 1. The van der Waals surface area contributed by atoms with E-state index in [1.807, 2.05) is 13.8 Å². The molecule has 0 radical (unpaired) electrons. The van der Waals surface area contributed by atoms with Crippen LogP contribution in [0, 0.1) is 18.2 Å². The molecule has 0 atom stereocenters. The zero-order valence-electron chi connectivity index (χ0n) is 14.5. The molecule has 0 amide bonds. The first-order valence-corrected chi connectivity index (χ1v) is 8.93. The molecule has 134 valence electrons. The fraction of sp³-hybridized carbons (Fsp3) is 0.368. The monoisotopic (exact) mass is 364 g/mol. The summed E-state index contributed by atoms with van der Waals surface area (Å²) in [6, 6.07) is 7.70. The quantitative estimate of drug-likeness (QED) is 0.563. The van der Waals surface area contributed by atoms with Crippen LogP contribution >= 0.6 is 11.3 Å². The number of carbonyl (C=O) groups is 2. The number of hydrogen-bond donors (Lipinski definition) is 1. The molecule has 1 aromatic heterocycles. The molecule has 0 fully saturated rings. The molecule has 1 aromatic carbocycles. The minimum atomic E-state index is -0.838. The van der Waals surface area contributed by atoms with Crippen molar-refractivity contribution in [3.8, 4) is 5.75 Å². The minimum Gasteiger partial charge on any atom is -0.481 e. The largest absolute Gasteiger partial charge is 0.481 e. The predicted molar refractivity (Wildman–Crippen MR) is 94.8 cm³/mol. The van der Waals surface area contributed by atoms with Crippen LogP contribution in [0.4, 0.5) is 4.39 Å². The van der Waals surface area contributed by atoms with Crippen LogP contribution in [-0.4, -0.2) is 17.0 Å². The number of carboxylic acid groups (broad SMARTS) is 1. The van der Waals surface area contributed by atoms with Crippen molar-refractivity contribution in [2.24, 2.45) is 5.41 Å². The Morgan fingerprint density at radius 1 is 1.20 bits per heavy atom. The summed E-state index contributed by atoms with van der Waals surface area (Å²) in [5.41, 5.74) is -0.102. The molecule has 0 bridgehead atoms. The summed E-state index contributed by atoms with van der Waals surface area (Å²) in [5, 5.41) is 9.52. The van der Waals surface area contributed by atoms with Crippen molar-refractivity contribution in [3.05, 3.63) is 51.5 Å². The van der Waals surface area contributed by atoms with E-state index in [9.17, 15) is 19.1 Å². The molecule has 2 aromatic rings. The van der Waals surface area contributed by atoms with Gasteiger partial charge in [-0.3, -0.25) is 4.79 Å². The topological polar surface area (TPSA) is 63.6 Å². The van der Waals surface area contributed by atoms with Gasteiger partial charge in [0.2, 0.25) is 0 Å². The van der Waals surface area contributed by atoms with Gasteiger partial charge in [0.15, 0.2) is 11.6 Å². The number of carbonyl (C=O) groups excluding carboxylic acids is 1. The van der Waals surface area contributed by atoms with Crippen LogP contribution in [0.1, 0.15) is 46.8 Å². The van der Waals surface area contributed by atoms with Crippen LogP contribution in [0.15, 0.2) is 30.3 Å². The van der Waals surface area contributed by atoms with Crippen LogP contribution < -0.4 is 4.74 Å². The maximum absolute atomic E-state index is 13.8. The number of hydrogen-bond acceptors (Lipinski definition) is 4. The van der Waals surface area contributed by atoms with E-state index in [0.717, 1.165) is 10.4 Å². The predicted octanol–water partition coefficient (Wildman–Crippen LogP) is 4.85. The van der Waals surface area contributed by atoms with Gasteiger partial charge < -0.3 is 9.84 Å². The van der Waals surface area contributed by atoms with Gasteiger partial charge in [-0.05, 0) is 56.0 Å². The van der Waals surface area contributed by atoms with Gasteiger partial charge in [0, 0.05) is 4.88 Å². The van der Waals surface area contributed by atoms with Crippen molar-refractivity contribution in [2.75, 3.05) is 0 Å². The third-order valence-electron chi connectivity index (χ3n) is 4.47. The normalized spacial score (nSPS) is 11.4. The molecule has 0 saturated carbocycles. The molecular formula is C19H21FO4S. The maximum Gasteiger partial charge on any atom is 0.353 e. The summed E-state index contributed by atoms with van der Waals surface area (Å²) in [6.07, 6.45) is 1.36. The van der Waals surface area contributed by atoms with E-state index in [0.29, 0.717) is 24.1 Å². The Bertz CT molecular complexity index is 777. The Balaban J connectivity index is 2.15. The summed E-state index contributed by atoms with van der Waals surface area (Å²) in [4.78, 5) is 24.9. The zero-order chi connectivity index (χ0) is 18.6. The molecule has 0 aliphatic carbocycles. The van der Waals surface area contributed by atoms with E-state index in [1.165, 1.54) is 23.5 Å². The summed E-state index contributed by atoms with van der Waals surface area (Å²) in [5.74, 6) is -2.19. The van der Waals surface area contributed by atoms with Crippen molar-refractivity contribution >= 4 is 23.3 Å². The maximum atomic E-state index is 13.8. The van der Waals surface area contributed by atoms with Gasteiger partial charge in [0.1, 0.15) is 4.88 Å². The second-order valence-electron chi connectivity index (χ2n) is 6.06. The second kappa shape index (κ2) is 7.78. The summed E-state index contributed by atoms with van der Waals surface area (Å²) < 4.78 is 18.9. The van der Waals surface area contributed by atoms with E-state index >= 15 is 0 Å². The molecule has 6 heteroatoms. The van der Waals surface area contributed by atoms with Gasteiger partial charge in [-0.15, -0.1) is 11.3 Å². The first-order valence-electron chi connectivity index (χ1n) is 8.11. The third kappa shape index (κ3) is 4.25. The van der Waals surface area contributed by atoms with E-state index < -0.39 is 23.2 Å². The van der Waals surface area contributed by atoms with Gasteiger partial charge in [-0.1, -0.05) is 19.9 Å². The Hall–Kier alpha value is -2.21. The molecule has 0 aliphatic heterocycles. The minimum absolute atomic E-state index is 0.118. The molecule has 0 unspecified atom stereocenters. The molecular weight excluding hydrogens is 343 g/mol. The molecule has 0 saturated heterocycles. The van der Waals surface area contributed by atoms with Crippen molar-refractivity contribution in [3.63, 3.8) is 0 Å². The van der Waals surface area contributed by atoms with Crippen molar-refractivity contribution in [1.82, 2.24) is 0 Å². The fourth-order valence-electron chi connectivity index (χ4n) is 2.63. The van der Waals surface area contributed by atoms with Crippen LogP contribution in [0.25, 0.3) is 0 Å². The molecule has 0 aliphatic rings. The number of rotatable bonds is 7. The van der Waals surface area contributed by atoms with Gasteiger partial charge in [-0.25, -0.2) is 9.18 Å². The molecule has 0 spiro atoms. The van der Waals surface area contributed by atoms with E-state index in [2.05, 4.69) is 0 Å². The molecule has 1 N–H and O–H groups in total. The smallest absolute Gasteiger partial charge is 0.353 e. The SMILES string of the molecule is CCC(CC)(Cc1ccc(C(=O)Oc2ccc(C)cc2F)s1)C(=O)O.